The molecule has 1 amide bonds. The van der Waals surface area contributed by atoms with E-state index in [-0.39, 0.29) is 24.8 Å². The van der Waals surface area contributed by atoms with Gasteiger partial charge in [0.05, 0.1) is 6.04 Å². The molecule has 1 heterocycles. The number of aliphatic hydroxyl groups excluding tert-OH is 1. The van der Waals surface area contributed by atoms with E-state index in [4.69, 9.17) is 24.9 Å². The average molecular weight is 629 g/mol. The minimum Gasteiger partial charge on any atom is -0.490 e. The highest BCUT2D eigenvalue weighted by Crippen LogP contribution is 2.29. The van der Waals surface area contributed by atoms with Gasteiger partial charge in [0.1, 0.15) is 18.0 Å². The van der Waals surface area contributed by atoms with Crippen molar-refractivity contribution in [1.82, 2.24) is 10.2 Å². The number of ether oxygens (including phenoxy) is 3. The van der Waals surface area contributed by atoms with E-state index >= 15 is 0 Å². The fourth-order valence-corrected chi connectivity index (χ4v) is 5.74. The Morgan fingerprint density at radius 3 is 2.15 bits per heavy atom. The van der Waals surface area contributed by atoms with E-state index in [0.29, 0.717) is 24.8 Å². The highest BCUT2D eigenvalue weighted by molar-refractivity contribution is 5.79. The number of esters is 1. The molecule has 10 heteroatoms. The molecule has 3 aromatic rings. The number of carbonyl (C=O) groups is 2. The summed E-state index contributed by atoms with van der Waals surface area (Å²) in [6.45, 7) is 6.53. The van der Waals surface area contributed by atoms with Crippen LogP contribution in [0.1, 0.15) is 74.8 Å². The Hall–Kier alpha value is -4.57. The fraction of sp³-hybridized carbons (Fsp3) is 0.417. The van der Waals surface area contributed by atoms with E-state index in [1.807, 2.05) is 105 Å². The number of hydrogen-bond acceptors (Lipinski definition) is 7. The topological polar surface area (TPSA) is 136 Å². The summed E-state index contributed by atoms with van der Waals surface area (Å²) >= 11 is 0. The average Bonchev–Trinajstić information content (AvgIpc) is 3.47. The van der Waals surface area contributed by atoms with Gasteiger partial charge in [0.15, 0.2) is 18.2 Å². The largest absolute Gasteiger partial charge is 0.490 e. The van der Waals surface area contributed by atoms with Gasteiger partial charge >= 0.3 is 12.1 Å². The van der Waals surface area contributed by atoms with Crippen molar-refractivity contribution in [3.05, 3.63) is 101 Å². The first-order valence-corrected chi connectivity index (χ1v) is 15.8. The number of fused-ring (bicyclic) bond motifs is 1. The van der Waals surface area contributed by atoms with Crippen molar-refractivity contribution in [3.63, 3.8) is 0 Å². The summed E-state index contributed by atoms with van der Waals surface area (Å²) in [7, 11) is 0. The van der Waals surface area contributed by atoms with Gasteiger partial charge in [-0.05, 0) is 80.8 Å². The van der Waals surface area contributed by atoms with Crippen molar-refractivity contribution < 1.29 is 28.9 Å². The van der Waals surface area contributed by atoms with Crippen LogP contribution in [0.15, 0.2) is 83.9 Å². The second kappa shape index (κ2) is 14.7. The molecule has 46 heavy (non-hydrogen) atoms. The number of carbonyl (C=O) groups excluding carboxylic acids is 2. The number of alkyl carbamates (subject to hydrolysis) is 1. The standard InChI is InChI=1S/C36H44N4O6/c1-36(2,3)46-35(43)39-29-17-15-28(16-18-29)38-34(37)40-21-26-14-19-30(20-27(26)22-40)44-23-31(41)33(42)45-32(24-10-6-4-7-11-24)25-12-8-5-9-13-25/h4-14,19-20,28-29,31-32,41H,15-18,21-23H2,1-3H3,(H2,37,38)(H,39,43)/t28?,29?,31-/m1/s1. The maximum Gasteiger partial charge on any atom is 0.407 e. The van der Waals surface area contributed by atoms with Crippen LogP contribution in [0.4, 0.5) is 4.79 Å². The fourth-order valence-electron chi connectivity index (χ4n) is 5.74. The maximum atomic E-state index is 12.9. The third-order valence-electron chi connectivity index (χ3n) is 8.08. The molecule has 3 aromatic carbocycles. The van der Waals surface area contributed by atoms with Crippen molar-refractivity contribution in [3.8, 4) is 5.75 Å². The number of amides is 1. The number of hydrogen-bond donors (Lipinski definition) is 3. The molecule has 244 valence electrons. The van der Waals surface area contributed by atoms with Crippen molar-refractivity contribution in [2.45, 2.75) is 89.4 Å². The van der Waals surface area contributed by atoms with Crippen LogP contribution in [-0.4, -0.2) is 58.4 Å². The molecular weight excluding hydrogens is 584 g/mol. The van der Waals surface area contributed by atoms with Crippen molar-refractivity contribution in [2.24, 2.45) is 10.7 Å². The number of benzene rings is 3. The second-order valence-electron chi connectivity index (χ2n) is 12.9. The van der Waals surface area contributed by atoms with Crippen LogP contribution in [0.3, 0.4) is 0 Å². The van der Waals surface area contributed by atoms with Gasteiger partial charge in [0.2, 0.25) is 0 Å². The van der Waals surface area contributed by atoms with Crippen LogP contribution in [-0.2, 0) is 27.4 Å². The lowest BCUT2D eigenvalue weighted by molar-refractivity contribution is -0.159. The lowest BCUT2D eigenvalue weighted by Crippen LogP contribution is -2.42. The Kier molecular flexibility index (Phi) is 10.5. The predicted octanol–water partition coefficient (Wildman–Crippen LogP) is 5.23. The first-order valence-electron chi connectivity index (χ1n) is 15.8. The SMILES string of the molecule is CC(C)(C)OC(=O)NC1CCC(N=C(N)N2Cc3ccc(OC[C@@H](O)C(=O)OC(c4ccccc4)c4ccccc4)cc3C2)CC1. The molecule has 10 nitrogen and oxygen atoms in total. The molecule has 1 aliphatic heterocycles. The zero-order valence-corrected chi connectivity index (χ0v) is 26.7. The molecule has 0 aromatic heterocycles. The van der Waals surface area contributed by atoms with Crippen LogP contribution in [0.25, 0.3) is 0 Å². The zero-order valence-electron chi connectivity index (χ0n) is 26.7. The summed E-state index contributed by atoms with van der Waals surface area (Å²) < 4.78 is 17.0. The van der Waals surface area contributed by atoms with Crippen LogP contribution in [0.5, 0.6) is 5.75 Å². The highest BCUT2D eigenvalue weighted by atomic mass is 16.6. The molecule has 5 rings (SSSR count). The number of rotatable bonds is 9. The first-order chi connectivity index (χ1) is 22.0. The molecule has 1 aliphatic carbocycles. The predicted molar refractivity (Wildman–Crippen MR) is 175 cm³/mol. The smallest absolute Gasteiger partial charge is 0.407 e. The van der Waals surface area contributed by atoms with E-state index < -0.39 is 23.8 Å². The van der Waals surface area contributed by atoms with Crippen molar-refractivity contribution in [2.75, 3.05) is 6.61 Å². The Morgan fingerprint density at radius 2 is 1.54 bits per heavy atom. The van der Waals surface area contributed by atoms with Gasteiger partial charge in [0, 0.05) is 19.1 Å². The van der Waals surface area contributed by atoms with Crippen molar-refractivity contribution in [1.29, 1.82) is 0 Å². The molecule has 0 unspecified atom stereocenters. The van der Waals surface area contributed by atoms with Crippen LogP contribution in [0, 0.1) is 0 Å². The summed E-state index contributed by atoms with van der Waals surface area (Å²) in [5, 5.41) is 13.6. The van der Waals surface area contributed by atoms with Gasteiger partial charge in [-0.2, -0.15) is 0 Å². The van der Waals surface area contributed by atoms with Crippen LogP contribution in [0.2, 0.25) is 0 Å². The van der Waals surface area contributed by atoms with Gasteiger partial charge in [-0.1, -0.05) is 66.7 Å². The van der Waals surface area contributed by atoms with E-state index in [1.54, 1.807) is 0 Å². The van der Waals surface area contributed by atoms with E-state index in [0.717, 1.165) is 47.9 Å². The summed E-state index contributed by atoms with van der Waals surface area (Å²) in [4.78, 5) is 31.8. The Labute approximate surface area is 270 Å². The Bertz CT molecular complexity index is 1460. The number of nitrogens with zero attached hydrogens (tertiary/aromatic N) is 2. The van der Waals surface area contributed by atoms with E-state index in [9.17, 15) is 14.7 Å². The van der Waals surface area contributed by atoms with Crippen LogP contribution >= 0.6 is 0 Å². The summed E-state index contributed by atoms with van der Waals surface area (Å²) in [5.41, 5.74) is 9.70. The molecular formula is C36H44N4O6. The molecule has 0 saturated heterocycles. The molecule has 0 bridgehead atoms. The number of aliphatic imine (C=N–C) groups is 1. The van der Waals surface area contributed by atoms with Gasteiger partial charge < -0.3 is 35.3 Å². The number of guanidine groups is 1. The quantitative estimate of drug-likeness (QED) is 0.167. The number of nitrogens with two attached hydrogens (primary N) is 1. The number of nitrogens with one attached hydrogen (secondary N) is 1. The van der Waals surface area contributed by atoms with Gasteiger partial charge in [-0.15, -0.1) is 0 Å². The van der Waals surface area contributed by atoms with Gasteiger partial charge in [0.25, 0.3) is 0 Å². The molecule has 1 fully saturated rings. The zero-order chi connectivity index (χ0) is 32.7. The van der Waals surface area contributed by atoms with E-state index in [1.165, 1.54) is 0 Å². The molecule has 0 spiro atoms. The minimum absolute atomic E-state index is 0.0755. The first kappa shape index (κ1) is 32.8. The monoisotopic (exact) mass is 628 g/mol. The lowest BCUT2D eigenvalue weighted by atomic mass is 9.91. The molecule has 1 saturated carbocycles. The molecule has 0 radical (unpaired) electrons. The number of aliphatic hydroxyl groups is 1. The molecule has 2 aliphatic rings. The third kappa shape index (κ3) is 9.00. The summed E-state index contributed by atoms with van der Waals surface area (Å²) in [6.07, 6.45) is 0.819. The maximum absolute atomic E-state index is 12.9. The Morgan fingerprint density at radius 1 is 0.935 bits per heavy atom. The van der Waals surface area contributed by atoms with Gasteiger partial charge in [-0.3, -0.25) is 0 Å². The summed E-state index contributed by atoms with van der Waals surface area (Å²) in [5.74, 6) is 0.275. The molecule has 4 N–H and O–H groups in total. The minimum atomic E-state index is -1.46. The Balaban J connectivity index is 1.10. The van der Waals surface area contributed by atoms with Crippen LogP contribution < -0.4 is 15.8 Å². The van der Waals surface area contributed by atoms with E-state index in [2.05, 4.69) is 5.32 Å². The van der Waals surface area contributed by atoms with Gasteiger partial charge in [-0.25, -0.2) is 14.6 Å². The lowest BCUT2D eigenvalue weighted by Gasteiger charge is -2.29. The second-order valence-corrected chi connectivity index (χ2v) is 12.9. The normalized spacial score (nSPS) is 18.9. The van der Waals surface area contributed by atoms with Crippen molar-refractivity contribution >= 4 is 18.0 Å². The highest BCUT2D eigenvalue weighted by Gasteiger charge is 2.28. The summed E-state index contributed by atoms with van der Waals surface area (Å²) in [6, 6.07) is 24.7. The third-order valence-corrected chi connectivity index (χ3v) is 8.08. The molecule has 1 atom stereocenters.